The van der Waals surface area contributed by atoms with Crippen LogP contribution in [0.5, 0.6) is 0 Å². The lowest BCUT2D eigenvalue weighted by Gasteiger charge is -2.09. The zero-order valence-corrected chi connectivity index (χ0v) is 8.32. The van der Waals surface area contributed by atoms with E-state index in [2.05, 4.69) is 4.98 Å². The Kier molecular flexibility index (Phi) is 3.49. The van der Waals surface area contributed by atoms with Gasteiger partial charge in [0.2, 0.25) is 0 Å². The van der Waals surface area contributed by atoms with Crippen LogP contribution >= 0.6 is 11.3 Å². The van der Waals surface area contributed by atoms with Gasteiger partial charge in [0.1, 0.15) is 0 Å². The molecule has 0 aromatic carbocycles. The Labute approximate surface area is 83.4 Å². The molecule has 1 rings (SSSR count). The molecule has 0 aliphatic carbocycles. The van der Waals surface area contributed by atoms with Gasteiger partial charge in [-0.25, -0.2) is 4.98 Å². The molecule has 6 heteroatoms. The van der Waals surface area contributed by atoms with Gasteiger partial charge in [-0.3, -0.25) is 0 Å². The normalized spacial score (nSPS) is 14.4. The van der Waals surface area contributed by atoms with Crippen LogP contribution in [-0.2, 0) is 0 Å². The second kappa shape index (κ2) is 4.27. The van der Waals surface area contributed by atoms with Crippen LogP contribution in [0.4, 0.5) is 13.2 Å². The molecule has 1 atom stereocenters. The van der Waals surface area contributed by atoms with Gasteiger partial charge < -0.3 is 5.11 Å². The van der Waals surface area contributed by atoms with Crippen molar-refractivity contribution in [2.45, 2.75) is 32.0 Å². The van der Waals surface area contributed by atoms with Crippen molar-refractivity contribution in [2.24, 2.45) is 0 Å². The van der Waals surface area contributed by atoms with Crippen LogP contribution in [0.3, 0.4) is 0 Å². The first-order chi connectivity index (χ1) is 6.38. The standard InChI is InChI=1S/C8H10F3NOS/c1-5-12-6(4-14-5)7(13)2-3-8(9,10)11/h4,7,13H,2-3H2,1H3. The average molecular weight is 225 g/mol. The van der Waals surface area contributed by atoms with E-state index in [1.54, 1.807) is 12.3 Å². The Balaban J connectivity index is 2.47. The number of hydrogen-bond donors (Lipinski definition) is 1. The Morgan fingerprint density at radius 1 is 1.57 bits per heavy atom. The van der Waals surface area contributed by atoms with E-state index < -0.39 is 18.7 Å². The molecule has 1 unspecified atom stereocenters. The average Bonchev–Trinajstić information content (AvgIpc) is 2.46. The second-order valence-corrected chi connectivity index (χ2v) is 4.02. The number of aromatic nitrogens is 1. The van der Waals surface area contributed by atoms with Crippen LogP contribution in [0.15, 0.2) is 5.38 Å². The zero-order valence-electron chi connectivity index (χ0n) is 7.51. The van der Waals surface area contributed by atoms with Crippen molar-refractivity contribution in [3.8, 4) is 0 Å². The highest BCUT2D eigenvalue weighted by atomic mass is 32.1. The minimum Gasteiger partial charge on any atom is -0.387 e. The Hall–Kier alpha value is -0.620. The van der Waals surface area contributed by atoms with Crippen molar-refractivity contribution in [3.05, 3.63) is 16.1 Å². The lowest BCUT2D eigenvalue weighted by Crippen LogP contribution is -2.10. The van der Waals surface area contributed by atoms with E-state index >= 15 is 0 Å². The summed E-state index contributed by atoms with van der Waals surface area (Å²) in [4.78, 5) is 3.91. The molecule has 0 aliphatic heterocycles. The number of nitrogens with zero attached hydrogens (tertiary/aromatic N) is 1. The van der Waals surface area contributed by atoms with E-state index in [0.717, 1.165) is 5.01 Å². The summed E-state index contributed by atoms with van der Waals surface area (Å²) < 4.78 is 35.4. The van der Waals surface area contributed by atoms with Gasteiger partial charge in [0.05, 0.1) is 16.8 Å². The van der Waals surface area contributed by atoms with Crippen LogP contribution in [0, 0.1) is 6.92 Å². The molecule has 0 radical (unpaired) electrons. The van der Waals surface area contributed by atoms with E-state index in [1.807, 2.05) is 0 Å². The Bertz CT molecular complexity index is 297. The summed E-state index contributed by atoms with van der Waals surface area (Å²) in [6, 6.07) is 0. The summed E-state index contributed by atoms with van der Waals surface area (Å²) in [6.07, 6.45) is -6.63. The zero-order chi connectivity index (χ0) is 10.8. The van der Waals surface area contributed by atoms with E-state index in [-0.39, 0.29) is 6.42 Å². The molecule has 0 aliphatic rings. The first-order valence-electron chi connectivity index (χ1n) is 4.05. The lowest BCUT2D eigenvalue weighted by atomic mass is 10.1. The Morgan fingerprint density at radius 2 is 2.21 bits per heavy atom. The molecular formula is C8H10F3NOS. The number of rotatable bonds is 3. The molecule has 0 bridgehead atoms. The minimum absolute atomic E-state index is 0.327. The minimum atomic E-state index is -4.22. The highest BCUT2D eigenvalue weighted by Crippen LogP contribution is 2.27. The highest BCUT2D eigenvalue weighted by molar-refractivity contribution is 7.09. The fraction of sp³-hybridized carbons (Fsp3) is 0.625. The fourth-order valence-corrected chi connectivity index (χ4v) is 1.64. The topological polar surface area (TPSA) is 33.1 Å². The van der Waals surface area contributed by atoms with Crippen LogP contribution in [0.1, 0.15) is 29.6 Å². The summed E-state index contributed by atoms with van der Waals surface area (Å²) in [6.45, 7) is 1.74. The molecule has 0 fully saturated rings. The van der Waals surface area contributed by atoms with Gasteiger partial charge >= 0.3 is 6.18 Å². The lowest BCUT2D eigenvalue weighted by molar-refractivity contribution is -0.140. The van der Waals surface area contributed by atoms with Crippen molar-refractivity contribution >= 4 is 11.3 Å². The number of halogens is 3. The molecular weight excluding hydrogens is 215 g/mol. The molecule has 1 aromatic heterocycles. The Morgan fingerprint density at radius 3 is 2.64 bits per heavy atom. The summed E-state index contributed by atoms with van der Waals surface area (Å²) in [5.41, 5.74) is 0.330. The van der Waals surface area contributed by atoms with Crippen LogP contribution in [0.2, 0.25) is 0 Å². The first kappa shape index (κ1) is 11.5. The number of hydrogen-bond acceptors (Lipinski definition) is 3. The highest BCUT2D eigenvalue weighted by Gasteiger charge is 2.28. The number of aryl methyl sites for hydroxylation is 1. The number of thiazole rings is 1. The van der Waals surface area contributed by atoms with Crippen LogP contribution in [0.25, 0.3) is 0 Å². The molecule has 80 valence electrons. The van der Waals surface area contributed by atoms with Crippen LogP contribution < -0.4 is 0 Å². The SMILES string of the molecule is Cc1nc(C(O)CCC(F)(F)F)cs1. The fourth-order valence-electron chi connectivity index (χ4n) is 0.981. The van der Waals surface area contributed by atoms with E-state index in [0.29, 0.717) is 5.69 Å². The summed E-state index contributed by atoms with van der Waals surface area (Å²) in [5, 5.41) is 11.7. The van der Waals surface area contributed by atoms with Crippen molar-refractivity contribution in [1.82, 2.24) is 4.98 Å². The predicted molar refractivity (Wildman–Crippen MR) is 47.1 cm³/mol. The van der Waals surface area contributed by atoms with Gasteiger partial charge in [-0.15, -0.1) is 11.3 Å². The van der Waals surface area contributed by atoms with Gasteiger partial charge in [-0.05, 0) is 13.3 Å². The maximum absolute atomic E-state index is 11.8. The quantitative estimate of drug-likeness (QED) is 0.858. The molecule has 2 nitrogen and oxygen atoms in total. The molecule has 14 heavy (non-hydrogen) atoms. The van der Waals surface area contributed by atoms with Crippen molar-refractivity contribution in [1.29, 1.82) is 0 Å². The van der Waals surface area contributed by atoms with Gasteiger partial charge in [0, 0.05) is 11.8 Å². The number of aliphatic hydroxyl groups excluding tert-OH is 1. The third-order valence-electron chi connectivity index (χ3n) is 1.68. The third-order valence-corrected chi connectivity index (χ3v) is 2.47. The number of alkyl halides is 3. The number of aliphatic hydroxyl groups is 1. The third kappa shape index (κ3) is 3.63. The van der Waals surface area contributed by atoms with E-state index in [4.69, 9.17) is 0 Å². The van der Waals surface area contributed by atoms with Crippen molar-refractivity contribution in [3.63, 3.8) is 0 Å². The largest absolute Gasteiger partial charge is 0.389 e. The molecule has 1 N–H and O–H groups in total. The summed E-state index contributed by atoms with van der Waals surface area (Å²) in [5.74, 6) is 0. The maximum atomic E-state index is 11.8. The molecule has 0 amide bonds. The summed E-state index contributed by atoms with van der Waals surface area (Å²) >= 11 is 1.31. The maximum Gasteiger partial charge on any atom is 0.389 e. The second-order valence-electron chi connectivity index (χ2n) is 2.96. The molecule has 0 spiro atoms. The van der Waals surface area contributed by atoms with Gasteiger partial charge in [-0.2, -0.15) is 13.2 Å². The van der Waals surface area contributed by atoms with Gasteiger partial charge in [0.15, 0.2) is 0 Å². The predicted octanol–water partition coefficient (Wildman–Crippen LogP) is 2.83. The van der Waals surface area contributed by atoms with Crippen molar-refractivity contribution in [2.75, 3.05) is 0 Å². The molecule has 0 saturated heterocycles. The molecule has 1 heterocycles. The van der Waals surface area contributed by atoms with Crippen LogP contribution in [-0.4, -0.2) is 16.3 Å². The monoisotopic (exact) mass is 225 g/mol. The van der Waals surface area contributed by atoms with Crippen molar-refractivity contribution < 1.29 is 18.3 Å². The first-order valence-corrected chi connectivity index (χ1v) is 4.93. The van der Waals surface area contributed by atoms with Gasteiger partial charge in [0.25, 0.3) is 0 Å². The molecule has 1 aromatic rings. The smallest absolute Gasteiger partial charge is 0.387 e. The van der Waals surface area contributed by atoms with E-state index in [1.165, 1.54) is 11.3 Å². The summed E-state index contributed by atoms with van der Waals surface area (Å²) in [7, 11) is 0. The van der Waals surface area contributed by atoms with Gasteiger partial charge in [-0.1, -0.05) is 0 Å². The van der Waals surface area contributed by atoms with E-state index in [9.17, 15) is 18.3 Å². The molecule has 0 saturated carbocycles.